The van der Waals surface area contributed by atoms with Gasteiger partial charge in [0.05, 0.1) is 17.8 Å². The van der Waals surface area contributed by atoms with E-state index in [1.165, 1.54) is 0 Å². The molecular formula is C24H39NO4. The highest BCUT2D eigenvalue weighted by molar-refractivity contribution is 5.86. The summed E-state index contributed by atoms with van der Waals surface area (Å²) in [5, 5.41) is 10.8. The Labute approximate surface area is 175 Å². The Hall–Kier alpha value is -0.490. The molecule has 8 atom stereocenters. The van der Waals surface area contributed by atoms with Gasteiger partial charge in [-0.2, -0.15) is 0 Å². The molecule has 5 aliphatic rings. The number of aliphatic hydroxyl groups is 1. The molecule has 0 aromatic carbocycles. The number of carbonyl (C=O) groups excluding carboxylic acids is 1. The molecule has 5 rings (SSSR count). The van der Waals surface area contributed by atoms with E-state index in [2.05, 4.69) is 25.7 Å². The summed E-state index contributed by atoms with van der Waals surface area (Å²) in [6.45, 7) is 9.67. The summed E-state index contributed by atoms with van der Waals surface area (Å²) in [6.07, 6.45) is 6.62. The monoisotopic (exact) mass is 405 g/mol. The van der Waals surface area contributed by atoms with Crippen molar-refractivity contribution >= 4 is 5.78 Å². The maximum atomic E-state index is 13.2. The van der Waals surface area contributed by atoms with Gasteiger partial charge >= 0.3 is 0 Å². The van der Waals surface area contributed by atoms with Gasteiger partial charge in [0, 0.05) is 30.4 Å². The lowest BCUT2D eigenvalue weighted by molar-refractivity contribution is -0.272. The molecule has 5 fully saturated rings. The van der Waals surface area contributed by atoms with E-state index in [-0.39, 0.29) is 34.9 Å². The zero-order chi connectivity index (χ0) is 20.4. The van der Waals surface area contributed by atoms with E-state index >= 15 is 0 Å². The van der Waals surface area contributed by atoms with Crippen molar-refractivity contribution in [1.82, 2.24) is 4.90 Å². The maximum Gasteiger partial charge on any atom is 0.162 e. The Morgan fingerprint density at radius 3 is 2.90 bits per heavy atom. The van der Waals surface area contributed by atoms with Crippen molar-refractivity contribution in [2.24, 2.45) is 23.2 Å². The summed E-state index contributed by atoms with van der Waals surface area (Å²) >= 11 is 0. The van der Waals surface area contributed by atoms with Crippen molar-refractivity contribution in [3.05, 3.63) is 0 Å². The number of ketones is 1. The highest BCUT2D eigenvalue weighted by atomic mass is 16.5. The van der Waals surface area contributed by atoms with Crippen molar-refractivity contribution in [3.63, 3.8) is 0 Å². The third kappa shape index (κ3) is 2.69. The van der Waals surface area contributed by atoms with Gasteiger partial charge in [-0.15, -0.1) is 0 Å². The summed E-state index contributed by atoms with van der Waals surface area (Å²) in [4.78, 5) is 15.8. The van der Waals surface area contributed by atoms with Gasteiger partial charge < -0.3 is 14.6 Å². The molecule has 3 saturated carbocycles. The first kappa shape index (κ1) is 20.4. The average Bonchev–Trinajstić information content (AvgIpc) is 3.04. The first-order chi connectivity index (χ1) is 13.9. The van der Waals surface area contributed by atoms with Gasteiger partial charge in [0.25, 0.3) is 0 Å². The smallest absolute Gasteiger partial charge is 0.162 e. The number of ether oxygens (including phenoxy) is 2. The second-order valence-electron chi connectivity index (χ2n) is 10.9. The molecule has 0 radical (unpaired) electrons. The van der Waals surface area contributed by atoms with Gasteiger partial charge in [0.2, 0.25) is 0 Å². The number of likely N-dealkylation sites (tertiary alicyclic amines) is 1. The second-order valence-corrected chi connectivity index (χ2v) is 10.9. The van der Waals surface area contributed by atoms with Crippen LogP contribution in [0.5, 0.6) is 0 Å². The van der Waals surface area contributed by atoms with Gasteiger partial charge in [0.1, 0.15) is 6.10 Å². The van der Waals surface area contributed by atoms with Gasteiger partial charge in [-0.1, -0.05) is 20.8 Å². The molecule has 29 heavy (non-hydrogen) atoms. The Balaban J connectivity index is 1.60. The lowest BCUT2D eigenvalue weighted by atomic mass is 9.42. The molecule has 164 valence electrons. The Morgan fingerprint density at radius 2 is 2.14 bits per heavy atom. The van der Waals surface area contributed by atoms with E-state index in [0.717, 1.165) is 64.6 Å². The Kier molecular flexibility index (Phi) is 5.13. The quantitative estimate of drug-likeness (QED) is 0.735. The van der Waals surface area contributed by atoms with Crippen LogP contribution in [0.3, 0.4) is 0 Å². The molecule has 2 bridgehead atoms. The number of aliphatic hydroxyl groups excluding tert-OH is 1. The highest BCUT2D eigenvalue weighted by Gasteiger charge is 2.78. The lowest BCUT2D eigenvalue weighted by Crippen LogP contribution is -2.78. The first-order valence-electron chi connectivity index (χ1n) is 12.2. The fraction of sp³-hybridized carbons (Fsp3) is 0.958. The molecule has 5 nitrogen and oxygen atoms in total. The lowest BCUT2D eigenvalue weighted by Gasteiger charge is -2.69. The van der Waals surface area contributed by atoms with Crippen molar-refractivity contribution in [3.8, 4) is 0 Å². The third-order valence-electron chi connectivity index (χ3n) is 9.14. The SMILES string of the molecule is CCCN1CC[C@]23C4C5CCC(O)C4O[C@H]2C(=O)CC[C@@]3(OCCC(C)C)C1C5. The molecule has 3 aliphatic carbocycles. The predicted molar refractivity (Wildman–Crippen MR) is 111 cm³/mol. The second kappa shape index (κ2) is 7.29. The minimum Gasteiger partial charge on any atom is -0.390 e. The van der Waals surface area contributed by atoms with Crippen molar-refractivity contribution in [2.45, 2.75) is 102 Å². The molecule has 0 aromatic rings. The molecule has 5 unspecified atom stereocenters. The van der Waals surface area contributed by atoms with E-state index in [4.69, 9.17) is 9.47 Å². The summed E-state index contributed by atoms with van der Waals surface area (Å²) in [6, 6.07) is 0.387. The van der Waals surface area contributed by atoms with E-state index in [1.807, 2.05) is 0 Å². The van der Waals surface area contributed by atoms with Crippen LogP contribution in [0.2, 0.25) is 0 Å². The van der Waals surface area contributed by atoms with Crippen LogP contribution in [-0.2, 0) is 14.3 Å². The number of hydrogen-bond donors (Lipinski definition) is 1. The number of rotatable bonds is 6. The van der Waals surface area contributed by atoms with E-state index in [1.54, 1.807) is 0 Å². The molecule has 2 saturated heterocycles. The topological polar surface area (TPSA) is 59.0 Å². The molecule has 2 heterocycles. The van der Waals surface area contributed by atoms with Gasteiger partial charge in [-0.3, -0.25) is 9.69 Å². The third-order valence-corrected chi connectivity index (χ3v) is 9.14. The molecule has 0 amide bonds. The van der Waals surface area contributed by atoms with E-state index < -0.39 is 6.10 Å². The van der Waals surface area contributed by atoms with Gasteiger partial charge in [-0.25, -0.2) is 0 Å². The average molecular weight is 406 g/mol. The zero-order valence-corrected chi connectivity index (χ0v) is 18.4. The summed E-state index contributed by atoms with van der Waals surface area (Å²) in [5.41, 5.74) is -0.524. The summed E-state index contributed by atoms with van der Waals surface area (Å²) in [5.74, 6) is 1.69. The van der Waals surface area contributed by atoms with Crippen LogP contribution >= 0.6 is 0 Å². The van der Waals surface area contributed by atoms with Crippen LogP contribution in [0.1, 0.15) is 72.1 Å². The summed E-state index contributed by atoms with van der Waals surface area (Å²) < 4.78 is 13.5. The van der Waals surface area contributed by atoms with Crippen molar-refractivity contribution in [2.75, 3.05) is 19.7 Å². The van der Waals surface area contributed by atoms with E-state index in [9.17, 15) is 9.90 Å². The normalized spacial score (nSPS) is 48.8. The van der Waals surface area contributed by atoms with Crippen LogP contribution in [-0.4, -0.2) is 65.4 Å². The van der Waals surface area contributed by atoms with Gasteiger partial charge in [0.15, 0.2) is 5.78 Å². The molecule has 5 heteroatoms. The van der Waals surface area contributed by atoms with Crippen molar-refractivity contribution < 1.29 is 19.4 Å². The molecule has 1 spiro atoms. The molecule has 0 aromatic heterocycles. The molecule has 2 aliphatic heterocycles. The summed E-state index contributed by atoms with van der Waals surface area (Å²) in [7, 11) is 0. The van der Waals surface area contributed by atoms with Crippen LogP contribution in [0, 0.1) is 23.2 Å². The maximum absolute atomic E-state index is 13.2. The fourth-order valence-electron chi connectivity index (χ4n) is 8.11. The minimum atomic E-state index is -0.428. The number of Topliss-reactive ketones (excluding diaryl/α,β-unsaturated/α-hetero) is 1. The number of nitrogens with zero attached hydrogens (tertiary/aromatic N) is 1. The largest absolute Gasteiger partial charge is 0.390 e. The first-order valence-corrected chi connectivity index (χ1v) is 12.2. The molecule has 1 N–H and O–H groups in total. The standard InChI is InChI=1S/C24H39NO4/c1-4-11-25-12-10-23-20-16-5-6-17(26)21(20)29-22(23)18(27)7-9-24(23,19(25)14-16)28-13-8-15(2)3/h15-17,19-22,26H,4-14H2,1-3H3/t16?,17?,19?,20?,21?,22-,23-,24+/m0/s1. The number of carbonyl (C=O) groups is 1. The van der Waals surface area contributed by atoms with Crippen LogP contribution in [0.4, 0.5) is 0 Å². The van der Waals surface area contributed by atoms with Gasteiger partial charge in [-0.05, 0) is 69.9 Å². The fourth-order valence-corrected chi connectivity index (χ4v) is 8.11. The van der Waals surface area contributed by atoms with Crippen LogP contribution in [0.15, 0.2) is 0 Å². The number of hydrogen-bond acceptors (Lipinski definition) is 5. The predicted octanol–water partition coefficient (Wildman–Crippen LogP) is 3.18. The Bertz CT molecular complexity index is 653. The zero-order valence-electron chi connectivity index (χ0n) is 18.4. The van der Waals surface area contributed by atoms with Crippen molar-refractivity contribution in [1.29, 1.82) is 0 Å². The molecular weight excluding hydrogens is 366 g/mol. The number of piperidine rings is 1. The van der Waals surface area contributed by atoms with Crippen LogP contribution < -0.4 is 0 Å². The Morgan fingerprint density at radius 1 is 1.31 bits per heavy atom. The van der Waals surface area contributed by atoms with E-state index in [0.29, 0.717) is 24.3 Å². The minimum absolute atomic E-state index is 0.174. The van der Waals surface area contributed by atoms with Crippen LogP contribution in [0.25, 0.3) is 0 Å². The highest BCUT2D eigenvalue weighted by Crippen LogP contribution is 2.70.